The summed E-state index contributed by atoms with van der Waals surface area (Å²) in [6.07, 6.45) is 2.66. The van der Waals surface area contributed by atoms with Crippen LogP contribution in [-0.2, 0) is 0 Å². The van der Waals surface area contributed by atoms with Gasteiger partial charge in [-0.15, -0.1) is 0 Å². The number of aliphatic hydroxyl groups excluding tert-OH is 1. The Morgan fingerprint density at radius 2 is 2.03 bits per heavy atom. The number of furan rings is 1. The molecule has 5 rings (SSSR count). The molecule has 0 saturated heterocycles. The first kappa shape index (κ1) is 17.6. The normalized spacial score (nSPS) is 14.8. The Kier molecular flexibility index (Phi) is 4.37. The molecule has 2 N–H and O–H groups in total. The van der Waals surface area contributed by atoms with Gasteiger partial charge in [0.15, 0.2) is 0 Å². The third kappa shape index (κ3) is 3.40. The van der Waals surface area contributed by atoms with E-state index in [0.29, 0.717) is 34.0 Å². The van der Waals surface area contributed by atoms with Gasteiger partial charge in [0.05, 0.1) is 23.8 Å². The zero-order valence-corrected chi connectivity index (χ0v) is 15.5. The number of aromatic nitrogens is 2. The van der Waals surface area contributed by atoms with Gasteiger partial charge >= 0.3 is 0 Å². The first-order valence-corrected chi connectivity index (χ1v) is 9.56. The zero-order valence-electron chi connectivity index (χ0n) is 15.5. The number of pyridine rings is 1. The molecule has 0 aliphatic heterocycles. The predicted octanol–water partition coefficient (Wildman–Crippen LogP) is 3.82. The minimum Gasteiger partial charge on any atom is -0.467 e. The highest BCUT2D eigenvalue weighted by atomic mass is 16.5. The van der Waals surface area contributed by atoms with Crippen LogP contribution >= 0.6 is 0 Å². The summed E-state index contributed by atoms with van der Waals surface area (Å²) < 4.78 is 10.7. The van der Waals surface area contributed by atoms with Crippen molar-refractivity contribution in [2.45, 2.75) is 24.9 Å². The second-order valence-electron chi connectivity index (χ2n) is 7.19. The van der Waals surface area contributed by atoms with E-state index in [1.807, 2.05) is 36.4 Å². The van der Waals surface area contributed by atoms with Crippen LogP contribution in [0.5, 0.6) is 0 Å². The number of carbonyl (C=O) groups is 1. The van der Waals surface area contributed by atoms with Crippen LogP contribution in [0.4, 0.5) is 0 Å². The Morgan fingerprint density at radius 1 is 1.21 bits per heavy atom. The molecule has 3 aromatic heterocycles. The first-order chi connectivity index (χ1) is 14.2. The van der Waals surface area contributed by atoms with Gasteiger partial charge in [-0.3, -0.25) is 4.79 Å². The van der Waals surface area contributed by atoms with Gasteiger partial charge in [-0.25, -0.2) is 4.98 Å². The molecular weight excluding hydrogens is 370 g/mol. The van der Waals surface area contributed by atoms with Crippen LogP contribution in [-0.4, -0.2) is 27.7 Å². The van der Waals surface area contributed by atoms with Gasteiger partial charge in [-0.1, -0.05) is 35.5 Å². The van der Waals surface area contributed by atoms with Crippen LogP contribution < -0.4 is 5.32 Å². The number of rotatable bonds is 6. The highest BCUT2D eigenvalue weighted by Gasteiger charge is 2.29. The van der Waals surface area contributed by atoms with E-state index in [9.17, 15) is 9.90 Å². The summed E-state index contributed by atoms with van der Waals surface area (Å²) >= 11 is 0. The van der Waals surface area contributed by atoms with E-state index in [0.717, 1.165) is 24.1 Å². The van der Waals surface area contributed by atoms with Crippen molar-refractivity contribution in [1.29, 1.82) is 0 Å². The molecule has 146 valence electrons. The van der Waals surface area contributed by atoms with Gasteiger partial charge in [-0.05, 0) is 31.0 Å². The fraction of sp³-hybridized carbons (Fsp3) is 0.227. The Morgan fingerprint density at radius 3 is 2.76 bits per heavy atom. The van der Waals surface area contributed by atoms with E-state index in [1.165, 1.54) is 6.26 Å². The smallest absolute Gasteiger partial charge is 0.259 e. The van der Waals surface area contributed by atoms with E-state index >= 15 is 0 Å². The van der Waals surface area contributed by atoms with Crippen molar-refractivity contribution < 1.29 is 18.8 Å². The minimum absolute atomic E-state index is 0.0286. The highest BCUT2D eigenvalue weighted by Crippen LogP contribution is 2.41. The van der Waals surface area contributed by atoms with Gasteiger partial charge in [0.2, 0.25) is 0 Å². The molecule has 7 nitrogen and oxygen atoms in total. The molecule has 1 aliphatic carbocycles. The molecule has 1 aliphatic rings. The molecule has 4 aromatic rings. The Balaban J connectivity index is 1.52. The lowest BCUT2D eigenvalue weighted by atomic mass is 10.0. The summed E-state index contributed by atoms with van der Waals surface area (Å²) in [6.45, 7) is 0.0286. The molecule has 1 atom stereocenters. The van der Waals surface area contributed by atoms with E-state index < -0.39 is 6.10 Å². The Labute approximate surface area is 166 Å². The number of hydrogen-bond donors (Lipinski definition) is 2. The lowest BCUT2D eigenvalue weighted by Gasteiger charge is -2.11. The number of amides is 1. The number of nitrogens with one attached hydrogen (secondary N) is 1. The van der Waals surface area contributed by atoms with Crippen molar-refractivity contribution in [1.82, 2.24) is 15.5 Å². The summed E-state index contributed by atoms with van der Waals surface area (Å²) in [5, 5.41) is 17.8. The van der Waals surface area contributed by atoms with Crippen LogP contribution in [0, 0.1) is 0 Å². The molecule has 1 unspecified atom stereocenters. The van der Waals surface area contributed by atoms with Crippen LogP contribution in [0.2, 0.25) is 0 Å². The van der Waals surface area contributed by atoms with Crippen molar-refractivity contribution >= 4 is 17.0 Å². The molecule has 1 aromatic carbocycles. The van der Waals surface area contributed by atoms with Crippen molar-refractivity contribution in [3.63, 3.8) is 0 Å². The maximum Gasteiger partial charge on any atom is 0.259 e. The number of carbonyl (C=O) groups excluding carboxylic acids is 1. The predicted molar refractivity (Wildman–Crippen MR) is 105 cm³/mol. The lowest BCUT2D eigenvalue weighted by molar-refractivity contribution is 0.0902. The average molecular weight is 389 g/mol. The number of aliphatic hydroxyl groups is 1. The van der Waals surface area contributed by atoms with E-state index in [4.69, 9.17) is 8.94 Å². The second kappa shape index (κ2) is 7.18. The third-order valence-corrected chi connectivity index (χ3v) is 5.08. The lowest BCUT2D eigenvalue weighted by Crippen LogP contribution is -2.28. The molecule has 0 spiro atoms. The van der Waals surface area contributed by atoms with Crippen molar-refractivity contribution in [2.24, 2.45) is 0 Å². The maximum absolute atomic E-state index is 13.1. The summed E-state index contributed by atoms with van der Waals surface area (Å²) in [5.74, 6) is 0.439. The second-order valence-corrected chi connectivity index (χ2v) is 7.19. The molecule has 7 heteroatoms. The summed E-state index contributed by atoms with van der Waals surface area (Å²) in [6, 6.07) is 14.7. The summed E-state index contributed by atoms with van der Waals surface area (Å²) in [4.78, 5) is 17.6. The minimum atomic E-state index is -0.926. The monoisotopic (exact) mass is 389 g/mol. The Hall–Kier alpha value is -3.45. The topological polar surface area (TPSA) is 101 Å². The first-order valence-electron chi connectivity index (χ1n) is 9.56. The third-order valence-electron chi connectivity index (χ3n) is 5.08. The van der Waals surface area contributed by atoms with Gasteiger partial charge in [0.25, 0.3) is 11.6 Å². The molecule has 1 saturated carbocycles. The van der Waals surface area contributed by atoms with E-state index in [-0.39, 0.29) is 12.5 Å². The van der Waals surface area contributed by atoms with Gasteiger partial charge in [0.1, 0.15) is 17.6 Å². The van der Waals surface area contributed by atoms with Gasteiger partial charge in [-0.2, -0.15) is 0 Å². The highest BCUT2D eigenvalue weighted by molar-refractivity contribution is 6.09. The number of fused-ring (bicyclic) bond motifs is 1. The van der Waals surface area contributed by atoms with Crippen molar-refractivity contribution in [3.05, 3.63) is 71.8 Å². The molecule has 0 radical (unpaired) electrons. The number of benzene rings is 1. The summed E-state index contributed by atoms with van der Waals surface area (Å²) in [5.41, 5.74) is 3.06. The van der Waals surface area contributed by atoms with Gasteiger partial charge in [0, 0.05) is 17.2 Å². The van der Waals surface area contributed by atoms with Gasteiger partial charge < -0.3 is 19.4 Å². The maximum atomic E-state index is 13.1. The molecule has 1 fully saturated rings. The quantitative estimate of drug-likeness (QED) is 0.520. The van der Waals surface area contributed by atoms with E-state index in [2.05, 4.69) is 15.5 Å². The summed E-state index contributed by atoms with van der Waals surface area (Å²) in [7, 11) is 0. The standard InChI is InChI=1S/C22H19N3O4/c26-17(18-7-4-10-28-18)12-23-21(27)15-11-16(13-8-9-13)24-22-19(15)20(25-29-22)14-5-2-1-3-6-14/h1-7,10-11,13,17,26H,8-9,12H2,(H,23,27). The van der Waals surface area contributed by atoms with Crippen LogP contribution in [0.25, 0.3) is 22.4 Å². The molecule has 0 bridgehead atoms. The zero-order chi connectivity index (χ0) is 19.8. The SMILES string of the molecule is O=C(NCC(O)c1ccco1)c1cc(C2CC2)nc2onc(-c3ccccc3)c12. The number of hydrogen-bond acceptors (Lipinski definition) is 6. The van der Waals surface area contributed by atoms with Crippen LogP contribution in [0.15, 0.2) is 63.7 Å². The Bertz CT molecular complexity index is 1150. The van der Waals surface area contributed by atoms with Crippen LogP contribution in [0.3, 0.4) is 0 Å². The van der Waals surface area contributed by atoms with Crippen molar-refractivity contribution in [3.8, 4) is 11.3 Å². The average Bonchev–Trinajstić information content (AvgIpc) is 3.28. The van der Waals surface area contributed by atoms with Crippen molar-refractivity contribution in [2.75, 3.05) is 6.54 Å². The fourth-order valence-electron chi connectivity index (χ4n) is 3.40. The largest absolute Gasteiger partial charge is 0.467 e. The fourth-order valence-corrected chi connectivity index (χ4v) is 3.40. The molecule has 1 amide bonds. The number of nitrogens with zero attached hydrogens (tertiary/aromatic N) is 2. The molecule has 29 heavy (non-hydrogen) atoms. The van der Waals surface area contributed by atoms with Crippen LogP contribution in [0.1, 0.15) is 46.7 Å². The van der Waals surface area contributed by atoms with E-state index in [1.54, 1.807) is 12.1 Å². The molecular formula is C22H19N3O4. The molecule has 3 heterocycles.